The van der Waals surface area contributed by atoms with E-state index in [0.29, 0.717) is 31.5 Å². The number of alkyl halides is 1. The predicted octanol–water partition coefficient (Wildman–Crippen LogP) is 3.08. The van der Waals surface area contributed by atoms with Crippen molar-refractivity contribution in [3.05, 3.63) is 69.9 Å². The molecule has 1 N–H and O–H groups in total. The van der Waals surface area contributed by atoms with Gasteiger partial charge in [0.1, 0.15) is 12.0 Å². The standard InChI is InChI=1S/C18H18F2N2O2/c19-15-4-2-1-3-14(15)17(20)12-7-9-22(10-8-12)18(24)13-5-6-16(23)21-11-13/h1-6,11-12,17H,7-10H2,(H,21,23). The topological polar surface area (TPSA) is 53.2 Å². The van der Waals surface area contributed by atoms with Gasteiger partial charge in [-0.25, -0.2) is 8.78 Å². The number of H-pyrrole nitrogens is 1. The second-order valence-electron chi connectivity index (χ2n) is 5.99. The number of benzene rings is 1. The Kier molecular flexibility index (Phi) is 4.74. The molecular weight excluding hydrogens is 314 g/mol. The fourth-order valence-corrected chi connectivity index (χ4v) is 3.07. The zero-order chi connectivity index (χ0) is 17.1. The molecule has 0 spiro atoms. The van der Waals surface area contributed by atoms with E-state index in [4.69, 9.17) is 0 Å². The molecule has 126 valence electrons. The Morgan fingerprint density at radius 3 is 2.50 bits per heavy atom. The van der Waals surface area contributed by atoms with Gasteiger partial charge in [-0.2, -0.15) is 0 Å². The predicted molar refractivity (Wildman–Crippen MR) is 85.9 cm³/mol. The van der Waals surface area contributed by atoms with E-state index in [0.717, 1.165) is 0 Å². The van der Waals surface area contributed by atoms with E-state index in [1.54, 1.807) is 11.0 Å². The van der Waals surface area contributed by atoms with Crippen LogP contribution in [0.5, 0.6) is 0 Å². The van der Waals surface area contributed by atoms with Crippen LogP contribution in [-0.2, 0) is 0 Å². The molecule has 1 saturated heterocycles. The van der Waals surface area contributed by atoms with Gasteiger partial charge in [-0.1, -0.05) is 18.2 Å². The van der Waals surface area contributed by atoms with Gasteiger partial charge in [0.15, 0.2) is 0 Å². The lowest BCUT2D eigenvalue weighted by molar-refractivity contribution is 0.0626. The van der Waals surface area contributed by atoms with Crippen LogP contribution in [0.1, 0.15) is 34.9 Å². The Morgan fingerprint density at radius 2 is 1.88 bits per heavy atom. The highest BCUT2D eigenvalue weighted by molar-refractivity contribution is 5.93. The van der Waals surface area contributed by atoms with Crippen molar-refractivity contribution < 1.29 is 13.6 Å². The number of carbonyl (C=O) groups is 1. The minimum Gasteiger partial charge on any atom is -0.339 e. The average molecular weight is 332 g/mol. The first-order chi connectivity index (χ1) is 11.6. The molecule has 0 bridgehead atoms. The monoisotopic (exact) mass is 332 g/mol. The van der Waals surface area contributed by atoms with Gasteiger partial charge in [-0.3, -0.25) is 9.59 Å². The summed E-state index contributed by atoms with van der Waals surface area (Å²) in [6.07, 6.45) is 0.972. The molecule has 1 amide bonds. The number of pyridine rings is 1. The van der Waals surface area contributed by atoms with E-state index >= 15 is 0 Å². The Bertz CT molecular complexity index is 762. The van der Waals surface area contributed by atoms with Gasteiger partial charge in [0.25, 0.3) is 5.91 Å². The van der Waals surface area contributed by atoms with Crippen LogP contribution in [0.4, 0.5) is 8.78 Å². The molecule has 0 radical (unpaired) electrons. The third kappa shape index (κ3) is 3.37. The SMILES string of the molecule is O=C(c1ccc(=O)[nH]c1)N1CCC(C(F)c2ccccc2F)CC1. The van der Waals surface area contributed by atoms with Crippen molar-refractivity contribution in [1.82, 2.24) is 9.88 Å². The lowest BCUT2D eigenvalue weighted by Gasteiger charge is -2.33. The third-order valence-corrected chi connectivity index (χ3v) is 4.47. The van der Waals surface area contributed by atoms with Gasteiger partial charge in [0.2, 0.25) is 5.56 Å². The summed E-state index contributed by atoms with van der Waals surface area (Å²) < 4.78 is 28.3. The van der Waals surface area contributed by atoms with E-state index in [1.165, 1.54) is 36.5 Å². The first-order valence-electron chi connectivity index (χ1n) is 7.93. The third-order valence-electron chi connectivity index (χ3n) is 4.47. The molecule has 1 unspecified atom stereocenters. The molecule has 24 heavy (non-hydrogen) atoms. The molecule has 1 aromatic heterocycles. The van der Waals surface area contributed by atoms with Crippen LogP contribution in [0.3, 0.4) is 0 Å². The van der Waals surface area contributed by atoms with Gasteiger partial charge >= 0.3 is 0 Å². The summed E-state index contributed by atoms with van der Waals surface area (Å²) in [5.74, 6) is -1.02. The van der Waals surface area contributed by atoms with Gasteiger partial charge in [-0.05, 0) is 30.9 Å². The summed E-state index contributed by atoms with van der Waals surface area (Å²) in [4.78, 5) is 27.5. The molecule has 1 fully saturated rings. The molecule has 0 aliphatic carbocycles. The number of hydrogen-bond donors (Lipinski definition) is 1. The smallest absolute Gasteiger partial charge is 0.255 e. The Hall–Kier alpha value is -2.50. The molecule has 2 aromatic rings. The minimum atomic E-state index is -1.36. The summed E-state index contributed by atoms with van der Waals surface area (Å²) in [5.41, 5.74) is 0.220. The number of piperidine rings is 1. The van der Waals surface area contributed by atoms with Crippen LogP contribution in [0.25, 0.3) is 0 Å². The molecule has 3 rings (SSSR count). The van der Waals surface area contributed by atoms with E-state index in [2.05, 4.69) is 4.98 Å². The average Bonchev–Trinajstić information content (AvgIpc) is 2.62. The molecule has 2 heterocycles. The Balaban J connectivity index is 1.63. The van der Waals surface area contributed by atoms with Gasteiger partial charge < -0.3 is 9.88 Å². The lowest BCUT2D eigenvalue weighted by atomic mass is 9.88. The summed E-state index contributed by atoms with van der Waals surface area (Å²) in [5, 5.41) is 0. The molecule has 1 aromatic carbocycles. The largest absolute Gasteiger partial charge is 0.339 e. The van der Waals surface area contributed by atoms with Crippen LogP contribution in [0.15, 0.2) is 47.4 Å². The zero-order valence-corrected chi connectivity index (χ0v) is 13.0. The molecule has 1 aliphatic heterocycles. The van der Waals surface area contributed by atoms with Crippen molar-refractivity contribution in [3.63, 3.8) is 0 Å². The summed E-state index contributed by atoms with van der Waals surface area (Å²) in [6, 6.07) is 8.67. The number of amides is 1. The van der Waals surface area contributed by atoms with Crippen molar-refractivity contribution in [2.24, 2.45) is 5.92 Å². The molecular formula is C18H18F2N2O2. The molecule has 1 aliphatic rings. The number of carbonyl (C=O) groups excluding carboxylic acids is 1. The lowest BCUT2D eigenvalue weighted by Crippen LogP contribution is -2.39. The highest BCUT2D eigenvalue weighted by atomic mass is 19.1. The highest BCUT2D eigenvalue weighted by Crippen LogP contribution is 2.35. The summed E-state index contributed by atoms with van der Waals surface area (Å²) in [7, 11) is 0. The van der Waals surface area contributed by atoms with Gasteiger partial charge in [-0.15, -0.1) is 0 Å². The Morgan fingerprint density at radius 1 is 1.17 bits per heavy atom. The number of aromatic amines is 1. The summed E-state index contributed by atoms with van der Waals surface area (Å²) >= 11 is 0. The normalized spacial score (nSPS) is 16.8. The molecule has 1 atom stereocenters. The van der Waals surface area contributed by atoms with E-state index in [9.17, 15) is 18.4 Å². The highest BCUT2D eigenvalue weighted by Gasteiger charge is 2.31. The second-order valence-corrected chi connectivity index (χ2v) is 5.99. The van der Waals surface area contributed by atoms with Crippen LogP contribution in [0, 0.1) is 11.7 Å². The molecule has 0 saturated carbocycles. The summed E-state index contributed by atoms with van der Waals surface area (Å²) in [6.45, 7) is 0.828. The van der Waals surface area contributed by atoms with E-state index in [-0.39, 0.29) is 22.9 Å². The van der Waals surface area contributed by atoms with Crippen molar-refractivity contribution >= 4 is 5.91 Å². The fraction of sp³-hybridized carbons (Fsp3) is 0.333. The number of hydrogen-bond acceptors (Lipinski definition) is 2. The minimum absolute atomic E-state index is 0.0860. The zero-order valence-electron chi connectivity index (χ0n) is 13.0. The number of aromatic nitrogens is 1. The van der Waals surface area contributed by atoms with Crippen LogP contribution in [-0.4, -0.2) is 28.9 Å². The fourth-order valence-electron chi connectivity index (χ4n) is 3.07. The van der Waals surface area contributed by atoms with Crippen molar-refractivity contribution in [3.8, 4) is 0 Å². The van der Waals surface area contributed by atoms with Crippen molar-refractivity contribution in [2.45, 2.75) is 19.0 Å². The van der Waals surface area contributed by atoms with Gasteiger partial charge in [0, 0.05) is 30.9 Å². The van der Waals surface area contributed by atoms with Crippen LogP contribution < -0.4 is 5.56 Å². The first-order valence-corrected chi connectivity index (χ1v) is 7.93. The molecule has 6 heteroatoms. The first kappa shape index (κ1) is 16.4. The van der Waals surface area contributed by atoms with Crippen molar-refractivity contribution in [2.75, 3.05) is 13.1 Å². The Labute approximate surface area is 138 Å². The number of rotatable bonds is 3. The maximum absolute atomic E-state index is 14.6. The van der Waals surface area contributed by atoms with Gasteiger partial charge in [0.05, 0.1) is 5.56 Å². The second kappa shape index (κ2) is 6.95. The number of nitrogens with one attached hydrogen (secondary N) is 1. The quantitative estimate of drug-likeness (QED) is 0.939. The number of halogens is 2. The number of nitrogens with zero attached hydrogens (tertiary/aromatic N) is 1. The van der Waals surface area contributed by atoms with E-state index < -0.39 is 12.0 Å². The maximum Gasteiger partial charge on any atom is 0.255 e. The number of likely N-dealkylation sites (tertiary alicyclic amines) is 1. The van der Waals surface area contributed by atoms with Crippen LogP contribution >= 0.6 is 0 Å². The van der Waals surface area contributed by atoms with Crippen LogP contribution in [0.2, 0.25) is 0 Å². The van der Waals surface area contributed by atoms with Crippen molar-refractivity contribution in [1.29, 1.82) is 0 Å². The maximum atomic E-state index is 14.6. The molecule has 4 nitrogen and oxygen atoms in total. The van der Waals surface area contributed by atoms with E-state index in [1.807, 2.05) is 0 Å².